The van der Waals surface area contributed by atoms with Crippen molar-refractivity contribution in [3.8, 4) is 11.5 Å². The molecule has 2 aromatic carbocycles. The zero-order valence-electron chi connectivity index (χ0n) is 21.0. The fourth-order valence-electron chi connectivity index (χ4n) is 4.61. The topological polar surface area (TPSA) is 74.3 Å². The maximum Gasteiger partial charge on any atom is 0.268 e. The van der Waals surface area contributed by atoms with E-state index < -0.39 is 6.10 Å². The summed E-state index contributed by atoms with van der Waals surface area (Å²) in [4.78, 5) is 31.9. The second-order valence-corrected chi connectivity index (χ2v) is 9.14. The number of hydrogen-bond acceptors (Lipinski definition) is 6. The van der Waals surface area contributed by atoms with E-state index in [0.717, 1.165) is 50.5 Å². The zero-order chi connectivity index (χ0) is 24.8. The lowest BCUT2D eigenvalue weighted by molar-refractivity contribution is -0.129. The zero-order valence-corrected chi connectivity index (χ0v) is 21.0. The Bertz CT molecular complexity index is 1020. The quantitative estimate of drug-likeness (QED) is 0.557. The lowest BCUT2D eigenvalue weighted by Crippen LogP contribution is -2.50. The Morgan fingerprint density at radius 2 is 1.86 bits per heavy atom. The van der Waals surface area contributed by atoms with E-state index in [-0.39, 0.29) is 18.4 Å². The first-order valence-corrected chi connectivity index (χ1v) is 12.4. The van der Waals surface area contributed by atoms with E-state index in [1.54, 1.807) is 12.0 Å². The van der Waals surface area contributed by atoms with Crippen LogP contribution < -0.4 is 24.6 Å². The minimum atomic E-state index is -0.547. The van der Waals surface area contributed by atoms with Gasteiger partial charge in [0.2, 0.25) is 5.91 Å². The number of fused-ring (bicyclic) bond motifs is 1. The van der Waals surface area contributed by atoms with Crippen LogP contribution in [0.4, 0.5) is 11.4 Å². The predicted molar refractivity (Wildman–Crippen MR) is 138 cm³/mol. The Kier molecular flexibility index (Phi) is 8.13. The van der Waals surface area contributed by atoms with Crippen LogP contribution in [0, 0.1) is 6.92 Å². The van der Waals surface area contributed by atoms with Crippen LogP contribution in [0.3, 0.4) is 0 Å². The summed E-state index contributed by atoms with van der Waals surface area (Å²) in [5, 5.41) is 2.99. The van der Waals surface area contributed by atoms with Gasteiger partial charge >= 0.3 is 0 Å². The molecule has 188 valence electrons. The minimum Gasteiger partial charge on any atom is -0.497 e. The Morgan fingerprint density at radius 3 is 2.54 bits per heavy atom. The first-order valence-electron chi connectivity index (χ1n) is 12.4. The van der Waals surface area contributed by atoms with Gasteiger partial charge in [0.1, 0.15) is 18.0 Å². The molecule has 2 aliphatic rings. The van der Waals surface area contributed by atoms with Gasteiger partial charge in [-0.2, -0.15) is 0 Å². The minimum absolute atomic E-state index is 0.00961. The molecule has 8 nitrogen and oxygen atoms in total. The standard InChI is InChI=1S/C27H36N4O4/c1-4-24-27(33)31(23-18-20(2)6-11-25(23)35-24)19-26(32)28-12-5-13-29-14-16-30(17-15-29)21-7-9-22(34-3)10-8-21/h6-11,18,24H,4-5,12-17,19H2,1-3H3,(H,28,32). The second kappa shape index (κ2) is 11.4. The molecule has 1 unspecified atom stereocenters. The number of piperazine rings is 1. The average Bonchev–Trinajstić information content (AvgIpc) is 2.88. The molecule has 0 aromatic heterocycles. The van der Waals surface area contributed by atoms with E-state index in [2.05, 4.69) is 27.2 Å². The summed E-state index contributed by atoms with van der Waals surface area (Å²) in [7, 11) is 1.68. The molecule has 2 amide bonds. The number of hydrogen-bond donors (Lipinski definition) is 1. The molecule has 35 heavy (non-hydrogen) atoms. The van der Waals surface area contributed by atoms with E-state index >= 15 is 0 Å². The van der Waals surface area contributed by atoms with Gasteiger partial charge in [0.05, 0.1) is 12.8 Å². The molecule has 1 saturated heterocycles. The summed E-state index contributed by atoms with van der Waals surface area (Å²) in [5.74, 6) is 1.22. The molecule has 1 atom stereocenters. The van der Waals surface area contributed by atoms with Crippen LogP contribution in [0.1, 0.15) is 25.3 Å². The van der Waals surface area contributed by atoms with Crippen LogP contribution in [0.2, 0.25) is 0 Å². The van der Waals surface area contributed by atoms with Gasteiger partial charge in [-0.3, -0.25) is 19.4 Å². The molecule has 0 saturated carbocycles. The van der Waals surface area contributed by atoms with Crippen molar-refractivity contribution in [3.63, 3.8) is 0 Å². The van der Waals surface area contributed by atoms with Gasteiger partial charge in [-0.15, -0.1) is 0 Å². The fourth-order valence-corrected chi connectivity index (χ4v) is 4.61. The highest BCUT2D eigenvalue weighted by Crippen LogP contribution is 2.35. The molecule has 2 heterocycles. The molecule has 0 spiro atoms. The van der Waals surface area contributed by atoms with Crippen molar-refractivity contribution in [2.75, 3.05) is 62.7 Å². The number of rotatable bonds is 9. The maximum atomic E-state index is 12.9. The first-order chi connectivity index (χ1) is 17.0. The number of nitrogens with one attached hydrogen (secondary N) is 1. The summed E-state index contributed by atoms with van der Waals surface area (Å²) < 4.78 is 11.1. The number of carbonyl (C=O) groups excluding carboxylic acids is 2. The van der Waals surface area contributed by atoms with Crippen LogP contribution in [-0.4, -0.2) is 75.7 Å². The number of anilines is 2. The molecule has 1 N–H and O–H groups in total. The van der Waals surface area contributed by atoms with Gasteiger partial charge in [0.15, 0.2) is 6.10 Å². The van der Waals surface area contributed by atoms with Crippen molar-refractivity contribution < 1.29 is 19.1 Å². The van der Waals surface area contributed by atoms with Gasteiger partial charge in [0, 0.05) is 38.4 Å². The number of methoxy groups -OCH3 is 1. The highest BCUT2D eigenvalue weighted by atomic mass is 16.5. The molecule has 0 bridgehead atoms. The van der Waals surface area contributed by atoms with Crippen molar-refractivity contribution in [2.45, 2.75) is 32.8 Å². The molecule has 2 aromatic rings. The molecule has 0 radical (unpaired) electrons. The lowest BCUT2D eigenvalue weighted by atomic mass is 10.1. The summed E-state index contributed by atoms with van der Waals surface area (Å²) in [5.41, 5.74) is 2.91. The monoisotopic (exact) mass is 480 g/mol. The summed E-state index contributed by atoms with van der Waals surface area (Å²) in [6.45, 7) is 9.37. The molecule has 8 heteroatoms. The molecule has 2 aliphatic heterocycles. The van der Waals surface area contributed by atoms with Gasteiger partial charge in [-0.1, -0.05) is 13.0 Å². The highest BCUT2D eigenvalue weighted by Gasteiger charge is 2.34. The Morgan fingerprint density at radius 1 is 1.11 bits per heavy atom. The van der Waals surface area contributed by atoms with E-state index in [4.69, 9.17) is 9.47 Å². The number of carbonyl (C=O) groups is 2. The van der Waals surface area contributed by atoms with Crippen molar-refractivity contribution in [2.24, 2.45) is 0 Å². The summed E-state index contributed by atoms with van der Waals surface area (Å²) in [6.07, 6.45) is 0.892. The lowest BCUT2D eigenvalue weighted by Gasteiger charge is -2.36. The maximum absolute atomic E-state index is 12.9. The largest absolute Gasteiger partial charge is 0.497 e. The Hall–Kier alpha value is -3.26. The predicted octanol–water partition coefficient (Wildman–Crippen LogP) is 2.84. The normalized spacial score (nSPS) is 18.1. The van der Waals surface area contributed by atoms with Crippen LogP contribution >= 0.6 is 0 Å². The van der Waals surface area contributed by atoms with Crippen molar-refractivity contribution in [1.29, 1.82) is 0 Å². The smallest absolute Gasteiger partial charge is 0.268 e. The molecule has 0 aliphatic carbocycles. The molecule has 1 fully saturated rings. The molecule has 4 rings (SSSR count). The third-order valence-electron chi connectivity index (χ3n) is 6.67. The van der Waals surface area contributed by atoms with E-state index in [1.807, 2.05) is 44.2 Å². The van der Waals surface area contributed by atoms with E-state index in [0.29, 0.717) is 24.4 Å². The Labute approximate surface area is 207 Å². The Balaban J connectivity index is 1.20. The average molecular weight is 481 g/mol. The highest BCUT2D eigenvalue weighted by molar-refractivity contribution is 6.03. The number of benzene rings is 2. The number of aryl methyl sites for hydroxylation is 1. The first kappa shape index (κ1) is 24.9. The van der Waals surface area contributed by atoms with Gasteiger partial charge in [0.25, 0.3) is 5.91 Å². The van der Waals surface area contributed by atoms with E-state index in [1.165, 1.54) is 5.69 Å². The van der Waals surface area contributed by atoms with Crippen LogP contribution in [0.5, 0.6) is 11.5 Å². The van der Waals surface area contributed by atoms with Gasteiger partial charge < -0.3 is 19.7 Å². The van der Waals surface area contributed by atoms with Crippen molar-refractivity contribution in [1.82, 2.24) is 10.2 Å². The van der Waals surface area contributed by atoms with Crippen molar-refractivity contribution in [3.05, 3.63) is 48.0 Å². The number of ether oxygens (including phenoxy) is 2. The number of amides is 2. The summed E-state index contributed by atoms with van der Waals surface area (Å²) >= 11 is 0. The van der Waals surface area contributed by atoms with Crippen LogP contribution in [0.15, 0.2) is 42.5 Å². The third-order valence-corrected chi connectivity index (χ3v) is 6.67. The molecular formula is C27H36N4O4. The van der Waals surface area contributed by atoms with Crippen molar-refractivity contribution >= 4 is 23.2 Å². The SMILES string of the molecule is CCC1Oc2ccc(C)cc2N(CC(=O)NCCCN2CCN(c3ccc(OC)cc3)CC2)C1=O. The van der Waals surface area contributed by atoms with Gasteiger partial charge in [-0.05, 0) is 68.3 Å². The second-order valence-electron chi connectivity index (χ2n) is 9.14. The molecular weight excluding hydrogens is 444 g/mol. The third kappa shape index (κ3) is 6.06. The van der Waals surface area contributed by atoms with Crippen LogP contribution in [0.25, 0.3) is 0 Å². The fraction of sp³-hybridized carbons (Fsp3) is 0.481. The van der Waals surface area contributed by atoms with E-state index in [9.17, 15) is 9.59 Å². The van der Waals surface area contributed by atoms with Gasteiger partial charge in [-0.25, -0.2) is 0 Å². The number of nitrogens with zero attached hydrogens (tertiary/aromatic N) is 3. The summed E-state index contributed by atoms with van der Waals surface area (Å²) in [6, 6.07) is 13.9. The van der Waals surface area contributed by atoms with Crippen LogP contribution in [-0.2, 0) is 9.59 Å².